The highest BCUT2D eigenvalue weighted by Crippen LogP contribution is 2.32. The smallest absolute Gasteiger partial charge is 0.246 e. The number of hydrogen-bond donors (Lipinski definition) is 1. The lowest BCUT2D eigenvalue weighted by Crippen LogP contribution is -2.34. The zero-order chi connectivity index (χ0) is 14.3. The van der Waals surface area contributed by atoms with Crippen LogP contribution in [0.1, 0.15) is 27.2 Å². The summed E-state index contributed by atoms with van der Waals surface area (Å²) in [7, 11) is -3.00. The molecular formula is C11H21N5O2S. The average molecular weight is 287 g/mol. The molecule has 2 heterocycles. The Labute approximate surface area is 113 Å². The van der Waals surface area contributed by atoms with Crippen molar-refractivity contribution < 1.29 is 8.42 Å². The minimum Gasteiger partial charge on any atom is -0.368 e. The van der Waals surface area contributed by atoms with Crippen LogP contribution in [0.2, 0.25) is 0 Å². The standard InChI is InChI=1S/C11H21N5O2S/c1-4-15(5-2)10-13-9(12)16(14-10)11(3)6-7-19(17,18)8-11/h4-8H2,1-3H3,(H2,12,13,14). The van der Waals surface area contributed by atoms with E-state index in [0.717, 1.165) is 13.1 Å². The number of nitrogens with zero attached hydrogens (tertiary/aromatic N) is 4. The van der Waals surface area contributed by atoms with Gasteiger partial charge in [-0.25, -0.2) is 13.1 Å². The number of anilines is 2. The second-order valence-corrected chi connectivity index (χ2v) is 7.38. The molecule has 2 rings (SSSR count). The second-order valence-electron chi connectivity index (χ2n) is 5.19. The van der Waals surface area contributed by atoms with Crippen molar-refractivity contribution in [3.8, 4) is 0 Å². The van der Waals surface area contributed by atoms with Crippen molar-refractivity contribution in [1.82, 2.24) is 14.8 Å². The molecule has 8 heteroatoms. The Morgan fingerprint density at radius 2 is 2.05 bits per heavy atom. The summed E-state index contributed by atoms with van der Waals surface area (Å²) in [5, 5.41) is 4.41. The molecule has 1 aromatic rings. The zero-order valence-electron chi connectivity index (χ0n) is 11.6. The molecule has 1 aromatic heterocycles. The van der Waals surface area contributed by atoms with Crippen molar-refractivity contribution in [2.75, 3.05) is 35.2 Å². The van der Waals surface area contributed by atoms with Crippen molar-refractivity contribution in [2.45, 2.75) is 32.7 Å². The molecule has 0 radical (unpaired) electrons. The minimum atomic E-state index is -3.00. The van der Waals surface area contributed by atoms with E-state index in [2.05, 4.69) is 10.1 Å². The van der Waals surface area contributed by atoms with Gasteiger partial charge in [-0.05, 0) is 27.2 Å². The van der Waals surface area contributed by atoms with E-state index in [4.69, 9.17) is 5.73 Å². The third-order valence-electron chi connectivity index (χ3n) is 3.66. The normalized spacial score (nSPS) is 25.6. The molecule has 0 bridgehead atoms. The van der Waals surface area contributed by atoms with E-state index < -0.39 is 15.4 Å². The van der Waals surface area contributed by atoms with Gasteiger partial charge in [0.2, 0.25) is 11.9 Å². The van der Waals surface area contributed by atoms with Gasteiger partial charge in [-0.1, -0.05) is 0 Å². The van der Waals surface area contributed by atoms with Gasteiger partial charge in [0.25, 0.3) is 0 Å². The number of sulfone groups is 1. The molecule has 2 N–H and O–H groups in total. The fourth-order valence-corrected chi connectivity index (χ4v) is 4.62. The highest BCUT2D eigenvalue weighted by Gasteiger charge is 2.42. The molecule has 0 aromatic carbocycles. The Morgan fingerprint density at radius 3 is 2.53 bits per heavy atom. The van der Waals surface area contributed by atoms with Crippen LogP contribution in [0.15, 0.2) is 0 Å². The van der Waals surface area contributed by atoms with Crippen LogP contribution in [0.4, 0.5) is 11.9 Å². The molecule has 0 saturated carbocycles. The number of aromatic nitrogens is 3. The van der Waals surface area contributed by atoms with E-state index in [1.165, 1.54) is 0 Å². The monoisotopic (exact) mass is 287 g/mol. The first-order chi connectivity index (χ1) is 8.81. The maximum Gasteiger partial charge on any atom is 0.246 e. The summed E-state index contributed by atoms with van der Waals surface area (Å²) in [6.07, 6.45) is 0.528. The van der Waals surface area contributed by atoms with Crippen molar-refractivity contribution in [2.24, 2.45) is 0 Å². The molecule has 0 amide bonds. The van der Waals surface area contributed by atoms with Crippen LogP contribution < -0.4 is 10.6 Å². The molecule has 1 aliphatic heterocycles. The Hall–Kier alpha value is -1.31. The molecular weight excluding hydrogens is 266 g/mol. The predicted molar refractivity (Wildman–Crippen MR) is 74.9 cm³/mol. The van der Waals surface area contributed by atoms with E-state index in [0.29, 0.717) is 12.4 Å². The van der Waals surface area contributed by atoms with Crippen LogP contribution in [0.25, 0.3) is 0 Å². The lowest BCUT2D eigenvalue weighted by Gasteiger charge is -2.23. The van der Waals surface area contributed by atoms with Gasteiger partial charge in [-0.3, -0.25) is 0 Å². The predicted octanol–water partition coefficient (Wildman–Crippen LogP) is 0.240. The van der Waals surface area contributed by atoms with Gasteiger partial charge in [-0.15, -0.1) is 5.10 Å². The van der Waals surface area contributed by atoms with E-state index in [1.807, 2.05) is 25.7 Å². The summed E-state index contributed by atoms with van der Waals surface area (Å²) in [5.74, 6) is 1.10. The SMILES string of the molecule is CCN(CC)c1nc(N)n(C2(C)CCS(=O)(=O)C2)n1. The van der Waals surface area contributed by atoms with E-state index >= 15 is 0 Å². The summed E-state index contributed by atoms with van der Waals surface area (Å²) in [5.41, 5.74) is 5.33. The molecule has 108 valence electrons. The largest absolute Gasteiger partial charge is 0.368 e. The molecule has 7 nitrogen and oxygen atoms in total. The van der Waals surface area contributed by atoms with Gasteiger partial charge in [0, 0.05) is 13.1 Å². The molecule has 1 atom stereocenters. The van der Waals surface area contributed by atoms with E-state index in [-0.39, 0.29) is 17.5 Å². The van der Waals surface area contributed by atoms with Gasteiger partial charge in [0.05, 0.1) is 17.0 Å². The summed E-state index contributed by atoms with van der Waals surface area (Å²) in [6.45, 7) is 7.47. The average Bonchev–Trinajstić information content (AvgIpc) is 2.83. The van der Waals surface area contributed by atoms with Gasteiger partial charge in [0.15, 0.2) is 9.84 Å². The Morgan fingerprint density at radius 1 is 1.42 bits per heavy atom. The van der Waals surface area contributed by atoms with Crippen LogP contribution in [-0.2, 0) is 15.4 Å². The first-order valence-corrected chi connectivity index (χ1v) is 8.32. The summed E-state index contributed by atoms with van der Waals surface area (Å²) >= 11 is 0. The van der Waals surface area contributed by atoms with Gasteiger partial charge < -0.3 is 10.6 Å². The lowest BCUT2D eigenvalue weighted by molar-refractivity contribution is 0.333. The molecule has 19 heavy (non-hydrogen) atoms. The Balaban J connectivity index is 2.36. The summed E-state index contributed by atoms with van der Waals surface area (Å²) in [4.78, 5) is 6.24. The lowest BCUT2D eigenvalue weighted by atomic mass is 10.0. The van der Waals surface area contributed by atoms with E-state index in [9.17, 15) is 8.42 Å². The number of nitrogen functional groups attached to an aromatic ring is 1. The molecule has 1 unspecified atom stereocenters. The molecule has 0 spiro atoms. The Kier molecular flexibility index (Phi) is 3.46. The third-order valence-corrected chi connectivity index (χ3v) is 5.55. The first kappa shape index (κ1) is 14.1. The second kappa shape index (κ2) is 4.66. The number of rotatable bonds is 4. The topological polar surface area (TPSA) is 94.1 Å². The molecule has 1 aliphatic rings. The maximum absolute atomic E-state index is 11.7. The maximum atomic E-state index is 11.7. The summed E-state index contributed by atoms with van der Waals surface area (Å²) < 4.78 is 24.9. The minimum absolute atomic E-state index is 0.0747. The fraction of sp³-hybridized carbons (Fsp3) is 0.818. The first-order valence-electron chi connectivity index (χ1n) is 6.49. The quantitative estimate of drug-likeness (QED) is 0.852. The van der Waals surface area contributed by atoms with Crippen LogP contribution in [0.3, 0.4) is 0 Å². The van der Waals surface area contributed by atoms with Crippen molar-refractivity contribution in [1.29, 1.82) is 0 Å². The van der Waals surface area contributed by atoms with Crippen LogP contribution in [0.5, 0.6) is 0 Å². The highest BCUT2D eigenvalue weighted by molar-refractivity contribution is 7.91. The summed E-state index contributed by atoms with van der Waals surface area (Å²) in [6, 6.07) is 0. The van der Waals surface area contributed by atoms with Crippen molar-refractivity contribution >= 4 is 21.7 Å². The van der Waals surface area contributed by atoms with E-state index in [1.54, 1.807) is 4.68 Å². The molecule has 0 aliphatic carbocycles. The van der Waals surface area contributed by atoms with Crippen LogP contribution in [0, 0.1) is 0 Å². The number of nitrogens with two attached hydrogens (primary N) is 1. The van der Waals surface area contributed by atoms with Crippen LogP contribution in [-0.4, -0.2) is 47.8 Å². The van der Waals surface area contributed by atoms with Gasteiger partial charge >= 0.3 is 0 Å². The van der Waals surface area contributed by atoms with Crippen molar-refractivity contribution in [3.05, 3.63) is 0 Å². The molecule has 1 saturated heterocycles. The third kappa shape index (κ3) is 2.54. The van der Waals surface area contributed by atoms with Gasteiger partial charge in [0.1, 0.15) is 0 Å². The fourth-order valence-electron chi connectivity index (χ4n) is 2.51. The number of hydrogen-bond acceptors (Lipinski definition) is 6. The van der Waals surface area contributed by atoms with Crippen LogP contribution >= 0.6 is 0 Å². The molecule has 1 fully saturated rings. The zero-order valence-corrected chi connectivity index (χ0v) is 12.4. The van der Waals surface area contributed by atoms with Crippen molar-refractivity contribution in [3.63, 3.8) is 0 Å². The Bertz CT molecular complexity index is 564. The van der Waals surface area contributed by atoms with Gasteiger partial charge in [-0.2, -0.15) is 4.98 Å². The highest BCUT2D eigenvalue weighted by atomic mass is 32.2.